The predicted octanol–water partition coefficient (Wildman–Crippen LogP) is 3.37. The van der Waals surface area contributed by atoms with E-state index in [2.05, 4.69) is 37.3 Å². The van der Waals surface area contributed by atoms with E-state index in [9.17, 15) is 9.90 Å². The van der Waals surface area contributed by atoms with Crippen molar-refractivity contribution in [3.05, 3.63) is 76.3 Å². The van der Waals surface area contributed by atoms with Crippen LogP contribution in [0, 0.1) is 0 Å². The molecular weight excluding hydrogens is 420 g/mol. The minimum absolute atomic E-state index is 0.0254. The lowest BCUT2D eigenvalue weighted by atomic mass is 10.0. The van der Waals surface area contributed by atoms with Crippen LogP contribution in [0.4, 0.5) is 0 Å². The van der Waals surface area contributed by atoms with Gasteiger partial charge in [-0.1, -0.05) is 64.5 Å². The van der Waals surface area contributed by atoms with Crippen molar-refractivity contribution in [3.8, 4) is 5.75 Å². The van der Waals surface area contributed by atoms with Crippen molar-refractivity contribution in [2.75, 3.05) is 0 Å². The van der Waals surface area contributed by atoms with E-state index >= 15 is 0 Å². The summed E-state index contributed by atoms with van der Waals surface area (Å²) < 4.78 is 1.000. The number of rotatable bonds is 4. The van der Waals surface area contributed by atoms with Crippen LogP contribution >= 0.6 is 15.9 Å². The lowest BCUT2D eigenvalue weighted by Gasteiger charge is -2.11. The van der Waals surface area contributed by atoms with Crippen molar-refractivity contribution in [2.24, 2.45) is 5.10 Å². The Morgan fingerprint density at radius 2 is 1.89 bits per heavy atom. The topological polar surface area (TPSA) is 85.8 Å². The molecule has 1 aliphatic rings. The normalized spacial score (nSPS) is 19.3. The lowest BCUT2D eigenvalue weighted by Crippen LogP contribution is -2.41. The monoisotopic (exact) mass is 438 g/mol. The summed E-state index contributed by atoms with van der Waals surface area (Å²) in [6.45, 7) is 0. The molecule has 0 aromatic heterocycles. The highest BCUT2D eigenvalue weighted by Crippen LogP contribution is 2.28. The van der Waals surface area contributed by atoms with Gasteiger partial charge in [-0.3, -0.25) is 4.79 Å². The highest BCUT2D eigenvalue weighted by molar-refractivity contribution is 9.10. The molecule has 0 radical (unpaired) electrons. The third kappa shape index (κ3) is 3.77. The highest BCUT2D eigenvalue weighted by Gasteiger charge is 2.30. The maximum atomic E-state index is 12.4. The van der Waals surface area contributed by atoms with E-state index < -0.39 is 6.04 Å². The van der Waals surface area contributed by atoms with E-state index in [-0.39, 0.29) is 17.7 Å². The van der Waals surface area contributed by atoms with E-state index in [4.69, 9.17) is 0 Å². The van der Waals surface area contributed by atoms with Gasteiger partial charge in [0.2, 0.25) is 0 Å². The molecule has 4 N–H and O–H groups in total. The number of carbonyl (C=O) groups is 1. The SMILES string of the molecule is O=C(N/N=C/c1c(O)ccc2ccccc12)C1CC(c2ccccc2Br)NN1. The van der Waals surface area contributed by atoms with Gasteiger partial charge in [-0.2, -0.15) is 5.10 Å². The Hall–Kier alpha value is -2.74. The molecule has 1 heterocycles. The Labute approximate surface area is 170 Å². The molecular formula is C21H19BrN4O2. The summed E-state index contributed by atoms with van der Waals surface area (Å²) in [6.07, 6.45) is 2.08. The zero-order valence-corrected chi connectivity index (χ0v) is 16.5. The molecule has 2 unspecified atom stereocenters. The van der Waals surface area contributed by atoms with Gasteiger partial charge in [-0.15, -0.1) is 0 Å². The molecule has 1 aliphatic heterocycles. The Balaban J connectivity index is 1.43. The molecule has 4 rings (SSSR count). The fraction of sp³-hybridized carbons (Fsp3) is 0.143. The smallest absolute Gasteiger partial charge is 0.258 e. The molecule has 1 fully saturated rings. The number of hydrazine groups is 1. The molecule has 1 saturated heterocycles. The number of hydrogen-bond acceptors (Lipinski definition) is 5. The quantitative estimate of drug-likeness (QED) is 0.371. The van der Waals surface area contributed by atoms with E-state index in [0.29, 0.717) is 12.0 Å². The van der Waals surface area contributed by atoms with Crippen LogP contribution in [-0.4, -0.2) is 23.3 Å². The number of hydrazone groups is 1. The van der Waals surface area contributed by atoms with Crippen molar-refractivity contribution in [3.63, 3.8) is 0 Å². The maximum absolute atomic E-state index is 12.4. The van der Waals surface area contributed by atoms with Crippen molar-refractivity contribution >= 4 is 38.8 Å². The molecule has 6 nitrogen and oxygen atoms in total. The molecule has 1 amide bonds. The minimum Gasteiger partial charge on any atom is -0.507 e. The van der Waals surface area contributed by atoms with Gasteiger partial charge in [0.25, 0.3) is 5.91 Å². The number of phenolic OH excluding ortho intramolecular Hbond substituents is 1. The van der Waals surface area contributed by atoms with Crippen LogP contribution in [0.25, 0.3) is 10.8 Å². The van der Waals surface area contributed by atoms with Crippen molar-refractivity contribution in [1.82, 2.24) is 16.3 Å². The molecule has 2 atom stereocenters. The van der Waals surface area contributed by atoms with Crippen molar-refractivity contribution in [1.29, 1.82) is 0 Å². The number of benzene rings is 3. The summed E-state index contributed by atoms with van der Waals surface area (Å²) in [5.41, 5.74) is 10.4. The van der Waals surface area contributed by atoms with Gasteiger partial charge in [0.15, 0.2) is 0 Å². The molecule has 3 aromatic rings. The molecule has 0 bridgehead atoms. The average molecular weight is 439 g/mol. The second kappa shape index (κ2) is 8.10. The van der Waals surface area contributed by atoms with Gasteiger partial charge in [-0.05, 0) is 34.9 Å². The van der Waals surface area contributed by atoms with Gasteiger partial charge in [-0.25, -0.2) is 16.3 Å². The van der Waals surface area contributed by atoms with Gasteiger partial charge >= 0.3 is 0 Å². The number of phenols is 1. The summed E-state index contributed by atoms with van der Waals surface area (Å²) in [6, 6.07) is 18.7. The van der Waals surface area contributed by atoms with E-state index in [1.165, 1.54) is 6.21 Å². The third-order valence-electron chi connectivity index (χ3n) is 4.82. The van der Waals surface area contributed by atoms with Crippen molar-refractivity contribution in [2.45, 2.75) is 18.5 Å². The fourth-order valence-electron chi connectivity index (χ4n) is 3.35. The van der Waals surface area contributed by atoms with Gasteiger partial charge < -0.3 is 5.11 Å². The number of nitrogens with one attached hydrogen (secondary N) is 3. The summed E-state index contributed by atoms with van der Waals surface area (Å²) >= 11 is 3.54. The Bertz CT molecular complexity index is 1050. The first kappa shape index (κ1) is 18.6. The predicted molar refractivity (Wildman–Crippen MR) is 113 cm³/mol. The molecule has 7 heteroatoms. The highest BCUT2D eigenvalue weighted by atomic mass is 79.9. The van der Waals surface area contributed by atoms with Crippen LogP contribution < -0.4 is 16.3 Å². The Morgan fingerprint density at radius 3 is 2.75 bits per heavy atom. The first-order chi connectivity index (χ1) is 13.6. The third-order valence-corrected chi connectivity index (χ3v) is 5.54. The van der Waals surface area contributed by atoms with Gasteiger partial charge in [0.05, 0.1) is 6.21 Å². The molecule has 3 aromatic carbocycles. The number of nitrogens with zero attached hydrogens (tertiary/aromatic N) is 1. The minimum atomic E-state index is -0.407. The van der Waals surface area contributed by atoms with E-state index in [1.54, 1.807) is 6.07 Å². The molecule has 28 heavy (non-hydrogen) atoms. The van der Waals surface area contributed by atoms with E-state index in [1.807, 2.05) is 54.6 Å². The Kier molecular flexibility index (Phi) is 5.38. The zero-order chi connectivity index (χ0) is 19.5. The molecule has 0 aliphatic carbocycles. The standard InChI is InChI=1S/C21H19BrN4O2/c22-17-8-4-3-7-15(17)18-11-19(25-24-18)21(28)26-23-12-16-14-6-2-1-5-13(14)9-10-20(16)27/h1-10,12,18-19,24-25,27H,11H2,(H,26,28)/b23-12+. The largest absolute Gasteiger partial charge is 0.507 e. The number of carbonyl (C=O) groups excluding carboxylic acids is 1. The first-order valence-electron chi connectivity index (χ1n) is 8.92. The van der Waals surface area contributed by atoms with Crippen LogP contribution in [0.2, 0.25) is 0 Å². The molecule has 0 saturated carbocycles. The van der Waals surface area contributed by atoms with Gasteiger partial charge in [0.1, 0.15) is 11.8 Å². The average Bonchev–Trinajstić information content (AvgIpc) is 3.20. The fourth-order valence-corrected chi connectivity index (χ4v) is 3.91. The summed E-state index contributed by atoms with van der Waals surface area (Å²) in [5.74, 6) is -0.121. The summed E-state index contributed by atoms with van der Waals surface area (Å²) in [5, 5.41) is 16.1. The van der Waals surface area contributed by atoms with Gasteiger partial charge in [0, 0.05) is 16.1 Å². The molecule has 0 spiro atoms. The van der Waals surface area contributed by atoms with Crippen LogP contribution in [-0.2, 0) is 4.79 Å². The lowest BCUT2D eigenvalue weighted by molar-refractivity contribution is -0.122. The van der Waals surface area contributed by atoms with Crippen LogP contribution in [0.3, 0.4) is 0 Å². The van der Waals surface area contributed by atoms with Crippen molar-refractivity contribution < 1.29 is 9.90 Å². The number of hydrogen-bond donors (Lipinski definition) is 4. The Morgan fingerprint density at radius 1 is 1.11 bits per heavy atom. The van der Waals surface area contributed by atoms with Crippen LogP contribution in [0.1, 0.15) is 23.6 Å². The second-order valence-corrected chi connectivity index (χ2v) is 7.46. The number of aromatic hydroxyl groups is 1. The summed E-state index contributed by atoms with van der Waals surface area (Å²) in [4.78, 5) is 12.4. The van der Waals surface area contributed by atoms with Crippen LogP contribution in [0.15, 0.2) is 70.2 Å². The maximum Gasteiger partial charge on any atom is 0.258 e. The zero-order valence-electron chi connectivity index (χ0n) is 14.9. The second-order valence-electron chi connectivity index (χ2n) is 6.60. The first-order valence-corrected chi connectivity index (χ1v) is 9.72. The van der Waals surface area contributed by atoms with Crippen LogP contribution in [0.5, 0.6) is 5.75 Å². The molecule has 142 valence electrons. The number of halogens is 1. The number of amides is 1. The van der Waals surface area contributed by atoms with E-state index in [0.717, 1.165) is 20.8 Å². The number of fused-ring (bicyclic) bond motifs is 1. The summed E-state index contributed by atoms with van der Waals surface area (Å²) in [7, 11) is 0.